The van der Waals surface area contributed by atoms with Crippen LogP contribution < -0.4 is 20.7 Å². The Balaban J connectivity index is 1.84. The summed E-state index contributed by atoms with van der Waals surface area (Å²) in [4.78, 5) is 17.1. The van der Waals surface area contributed by atoms with Crippen molar-refractivity contribution in [3.05, 3.63) is 41.9 Å². The topological polar surface area (TPSA) is 92.6 Å². The number of amides is 1. The number of aromatic nitrogens is 3. The van der Waals surface area contributed by atoms with Crippen LogP contribution in [0.15, 0.2) is 30.6 Å². The number of aryl methyl sites for hydroxylation is 1. The zero-order valence-electron chi connectivity index (χ0n) is 17.4. The van der Waals surface area contributed by atoms with E-state index in [9.17, 15) is 4.79 Å². The number of methoxy groups -OCH3 is 1. The van der Waals surface area contributed by atoms with Gasteiger partial charge < -0.3 is 20.7 Å². The van der Waals surface area contributed by atoms with Crippen LogP contribution in [0.2, 0.25) is 0 Å². The van der Waals surface area contributed by atoms with Crippen molar-refractivity contribution < 1.29 is 9.53 Å². The number of nitrogens with one attached hydrogen (secondary N) is 3. The van der Waals surface area contributed by atoms with Gasteiger partial charge in [0, 0.05) is 31.1 Å². The van der Waals surface area contributed by atoms with Crippen LogP contribution >= 0.6 is 11.3 Å². The van der Waals surface area contributed by atoms with Gasteiger partial charge in [0.05, 0.1) is 24.0 Å². The maximum atomic E-state index is 11.6. The Kier molecular flexibility index (Phi) is 5.56. The molecule has 0 aliphatic carbocycles. The standard InChI is InChI=1S/C21H24N6O2S/c1-12-5-13-7-17(30-20(13)16(6-12)29-4)15-8-14(9-24-10-18(28)22-2)27-19(15)21(23-3)25-11-26-27/h5-8,11,24H,9-10H2,1-4H3,(H,22,28)(H,23,25,26). The van der Waals surface area contributed by atoms with E-state index in [1.54, 1.807) is 25.5 Å². The van der Waals surface area contributed by atoms with Gasteiger partial charge in [-0.1, -0.05) is 6.07 Å². The number of carbonyl (C=O) groups is 1. The van der Waals surface area contributed by atoms with Crippen molar-refractivity contribution in [2.24, 2.45) is 0 Å². The second kappa shape index (κ2) is 8.29. The molecule has 0 aliphatic heterocycles. The summed E-state index contributed by atoms with van der Waals surface area (Å²) in [7, 11) is 5.17. The molecule has 0 fully saturated rings. The first-order chi connectivity index (χ1) is 14.5. The predicted molar refractivity (Wildman–Crippen MR) is 120 cm³/mol. The van der Waals surface area contributed by atoms with Crippen molar-refractivity contribution in [3.63, 3.8) is 0 Å². The molecule has 1 amide bonds. The minimum absolute atomic E-state index is 0.0615. The van der Waals surface area contributed by atoms with Crippen molar-refractivity contribution in [2.75, 3.05) is 33.1 Å². The van der Waals surface area contributed by atoms with Crippen LogP contribution in [0.4, 0.5) is 5.82 Å². The Morgan fingerprint density at radius 2 is 2.07 bits per heavy atom. The maximum absolute atomic E-state index is 11.6. The van der Waals surface area contributed by atoms with E-state index >= 15 is 0 Å². The van der Waals surface area contributed by atoms with E-state index in [0.717, 1.165) is 48.9 Å². The van der Waals surface area contributed by atoms with Gasteiger partial charge in [-0.2, -0.15) is 5.10 Å². The van der Waals surface area contributed by atoms with Crippen LogP contribution in [0.25, 0.3) is 26.0 Å². The lowest BCUT2D eigenvalue weighted by molar-refractivity contribution is -0.119. The summed E-state index contributed by atoms with van der Waals surface area (Å²) in [5, 5.41) is 14.6. The lowest BCUT2D eigenvalue weighted by Crippen LogP contribution is -2.31. The summed E-state index contributed by atoms with van der Waals surface area (Å²) in [6.45, 7) is 2.81. The molecule has 4 rings (SSSR count). The van der Waals surface area contributed by atoms with Gasteiger partial charge in [-0.25, -0.2) is 9.50 Å². The number of nitrogens with zero attached hydrogens (tertiary/aromatic N) is 3. The zero-order valence-corrected chi connectivity index (χ0v) is 18.2. The van der Waals surface area contributed by atoms with Crippen LogP contribution in [-0.2, 0) is 11.3 Å². The van der Waals surface area contributed by atoms with Crippen LogP contribution in [0.5, 0.6) is 5.75 Å². The minimum Gasteiger partial charge on any atom is -0.495 e. The Labute approximate surface area is 178 Å². The Morgan fingerprint density at radius 1 is 1.23 bits per heavy atom. The predicted octanol–water partition coefficient (Wildman–Crippen LogP) is 2.81. The average Bonchev–Trinajstić information content (AvgIpc) is 3.34. The quantitative estimate of drug-likeness (QED) is 0.423. The first-order valence-electron chi connectivity index (χ1n) is 9.59. The molecule has 156 valence electrons. The number of carbonyl (C=O) groups excluding carboxylic acids is 1. The number of likely N-dealkylation sites (N-methyl/N-ethyl adjacent to an activating group) is 1. The molecule has 3 heterocycles. The van der Waals surface area contributed by atoms with Gasteiger partial charge in [-0.05, 0) is 36.1 Å². The van der Waals surface area contributed by atoms with Gasteiger partial charge >= 0.3 is 0 Å². The molecular weight excluding hydrogens is 400 g/mol. The normalized spacial score (nSPS) is 11.2. The highest BCUT2D eigenvalue weighted by Crippen LogP contribution is 2.42. The van der Waals surface area contributed by atoms with Crippen LogP contribution in [0.1, 0.15) is 11.3 Å². The summed E-state index contributed by atoms with van der Waals surface area (Å²) in [5.74, 6) is 1.56. The lowest BCUT2D eigenvalue weighted by atomic mass is 10.1. The van der Waals surface area contributed by atoms with Crippen molar-refractivity contribution in [3.8, 4) is 16.2 Å². The molecule has 30 heavy (non-hydrogen) atoms. The molecule has 0 unspecified atom stereocenters. The van der Waals surface area contributed by atoms with E-state index in [2.05, 4.69) is 57.2 Å². The fourth-order valence-electron chi connectivity index (χ4n) is 3.55. The molecule has 0 aliphatic rings. The molecule has 0 bridgehead atoms. The van der Waals surface area contributed by atoms with Gasteiger partial charge in [-0.15, -0.1) is 11.3 Å². The van der Waals surface area contributed by atoms with E-state index < -0.39 is 0 Å². The Morgan fingerprint density at radius 3 is 2.80 bits per heavy atom. The molecule has 0 atom stereocenters. The summed E-state index contributed by atoms with van der Waals surface area (Å²) >= 11 is 1.68. The van der Waals surface area contributed by atoms with Crippen molar-refractivity contribution in [1.82, 2.24) is 25.2 Å². The summed E-state index contributed by atoms with van der Waals surface area (Å²) in [6.07, 6.45) is 1.53. The van der Waals surface area contributed by atoms with Crippen LogP contribution in [-0.4, -0.2) is 48.3 Å². The molecule has 3 aromatic heterocycles. The second-order valence-corrected chi connectivity index (χ2v) is 7.99. The van der Waals surface area contributed by atoms with E-state index in [0.29, 0.717) is 6.54 Å². The monoisotopic (exact) mass is 424 g/mol. The number of rotatable bonds is 7. The molecule has 9 heteroatoms. The number of anilines is 1. The molecule has 8 nitrogen and oxygen atoms in total. The third-order valence-electron chi connectivity index (χ3n) is 4.95. The minimum atomic E-state index is -0.0615. The summed E-state index contributed by atoms with van der Waals surface area (Å²) in [6, 6.07) is 8.50. The Hall–Kier alpha value is -3.17. The molecule has 4 aromatic rings. The van der Waals surface area contributed by atoms with E-state index in [1.165, 1.54) is 6.33 Å². The average molecular weight is 425 g/mol. The van der Waals surface area contributed by atoms with Crippen LogP contribution in [0, 0.1) is 6.92 Å². The van der Waals surface area contributed by atoms with Crippen LogP contribution in [0.3, 0.4) is 0 Å². The summed E-state index contributed by atoms with van der Waals surface area (Å²) in [5.41, 5.74) is 4.05. The van der Waals surface area contributed by atoms with Crippen molar-refractivity contribution >= 4 is 38.7 Å². The third kappa shape index (κ3) is 3.57. The highest BCUT2D eigenvalue weighted by Gasteiger charge is 2.19. The molecule has 0 saturated heterocycles. The van der Waals surface area contributed by atoms with Gasteiger partial charge in [-0.3, -0.25) is 4.79 Å². The highest BCUT2D eigenvalue weighted by atomic mass is 32.1. The number of ether oxygens (including phenoxy) is 1. The SMILES string of the molecule is CNC(=O)CNCc1cc(-c2cc3cc(C)cc(OC)c3s2)c2c(NC)ncnn12. The third-order valence-corrected chi connectivity index (χ3v) is 6.15. The fraction of sp³-hybridized carbons (Fsp3) is 0.286. The molecule has 3 N–H and O–H groups in total. The number of benzene rings is 1. The molecular formula is C21H24N6O2S. The van der Waals surface area contributed by atoms with E-state index in [-0.39, 0.29) is 12.5 Å². The number of hydrogen-bond donors (Lipinski definition) is 3. The number of hydrogen-bond acceptors (Lipinski definition) is 7. The highest BCUT2D eigenvalue weighted by molar-refractivity contribution is 7.22. The molecule has 0 spiro atoms. The van der Waals surface area contributed by atoms with E-state index in [1.807, 2.05) is 11.6 Å². The second-order valence-electron chi connectivity index (χ2n) is 6.94. The van der Waals surface area contributed by atoms with Crippen molar-refractivity contribution in [1.29, 1.82) is 0 Å². The van der Waals surface area contributed by atoms with Gasteiger partial charge in [0.15, 0.2) is 5.82 Å². The summed E-state index contributed by atoms with van der Waals surface area (Å²) < 4.78 is 8.59. The number of fused-ring (bicyclic) bond motifs is 2. The Bertz CT molecular complexity index is 1230. The van der Waals surface area contributed by atoms with E-state index in [4.69, 9.17) is 4.74 Å². The maximum Gasteiger partial charge on any atom is 0.233 e. The van der Waals surface area contributed by atoms with Gasteiger partial charge in [0.2, 0.25) is 5.91 Å². The van der Waals surface area contributed by atoms with Crippen molar-refractivity contribution in [2.45, 2.75) is 13.5 Å². The molecule has 1 aromatic carbocycles. The first kappa shape index (κ1) is 20.1. The number of thiophene rings is 1. The zero-order chi connectivity index (χ0) is 21.3. The first-order valence-corrected chi connectivity index (χ1v) is 10.4. The molecule has 0 saturated carbocycles. The lowest BCUT2D eigenvalue weighted by Gasteiger charge is -2.06. The van der Waals surface area contributed by atoms with Gasteiger partial charge in [0.25, 0.3) is 0 Å². The fourth-order valence-corrected chi connectivity index (χ4v) is 4.70. The smallest absolute Gasteiger partial charge is 0.233 e. The van der Waals surface area contributed by atoms with Gasteiger partial charge in [0.1, 0.15) is 17.6 Å². The molecule has 0 radical (unpaired) electrons. The largest absolute Gasteiger partial charge is 0.495 e.